The molecular weight excluding hydrogens is 93.1 g/mol. The molecule has 7 heavy (non-hydrogen) atoms. The first-order valence-corrected chi connectivity index (χ1v) is 2.37. The van der Waals surface area contributed by atoms with Gasteiger partial charge in [0.25, 0.3) is 0 Å². The van der Waals surface area contributed by atoms with E-state index in [-0.39, 0.29) is 0 Å². The monoisotopic (exact) mass is 103 g/mol. The average molecular weight is 103 g/mol. The Labute approximate surface area is 43.0 Å². The maximum atomic E-state index is 11.1. The Morgan fingerprint density at radius 1 is 1.57 bits per heavy atom. The van der Waals surface area contributed by atoms with Crippen LogP contribution in [0.1, 0.15) is 12.8 Å². The van der Waals surface area contributed by atoms with Crippen molar-refractivity contribution in [3.63, 3.8) is 0 Å². The molecule has 2 N–H and O–H groups in total. The summed E-state index contributed by atoms with van der Waals surface area (Å²) in [5, 5.41) is 0. The van der Waals surface area contributed by atoms with E-state index >= 15 is 0 Å². The third kappa shape index (κ3) is 5.63. The van der Waals surface area contributed by atoms with Gasteiger partial charge in [0.15, 0.2) is 0 Å². The predicted octanol–water partition coefficient (Wildman–Crippen LogP) is 1.21. The van der Waals surface area contributed by atoms with Gasteiger partial charge in [0.1, 0.15) is 0 Å². The van der Waals surface area contributed by atoms with Gasteiger partial charge in [-0.1, -0.05) is 6.08 Å². The largest absolute Gasteiger partial charge is 0.330 e. The lowest BCUT2D eigenvalue weighted by molar-refractivity contribution is 0.709. The van der Waals surface area contributed by atoms with Gasteiger partial charge < -0.3 is 5.73 Å². The van der Waals surface area contributed by atoms with Crippen LogP contribution in [0.25, 0.3) is 0 Å². The minimum atomic E-state index is 0.551. The Morgan fingerprint density at radius 2 is 2.29 bits per heavy atom. The van der Waals surface area contributed by atoms with E-state index in [1.54, 1.807) is 0 Å². The lowest BCUT2D eigenvalue weighted by atomic mass is 10.3. The zero-order valence-electron chi connectivity index (χ0n) is 4.23. The summed E-state index contributed by atoms with van der Waals surface area (Å²) in [5.41, 5.74) is 5.11. The molecule has 0 aromatic rings. The van der Waals surface area contributed by atoms with Crippen LogP contribution in [0.15, 0.2) is 12.4 Å². The zero-order chi connectivity index (χ0) is 5.54. The summed E-state index contributed by atoms with van der Waals surface area (Å²) >= 11 is 0. The molecule has 0 unspecified atom stereocenters. The smallest absolute Gasteiger partial charge is 0.0827 e. The Hall–Kier alpha value is -0.370. The molecule has 0 saturated carbocycles. The molecule has 0 saturated heterocycles. The second kappa shape index (κ2) is 5.63. The van der Waals surface area contributed by atoms with Gasteiger partial charge in [0.2, 0.25) is 0 Å². The lowest BCUT2D eigenvalue weighted by Crippen LogP contribution is -1.96. The van der Waals surface area contributed by atoms with Crippen molar-refractivity contribution in [1.82, 2.24) is 0 Å². The van der Waals surface area contributed by atoms with Crippen molar-refractivity contribution in [2.24, 2.45) is 5.73 Å². The van der Waals surface area contributed by atoms with E-state index in [0.717, 1.165) is 12.8 Å². The van der Waals surface area contributed by atoms with Crippen LogP contribution in [0.4, 0.5) is 4.39 Å². The fraction of sp³-hybridized carbons (Fsp3) is 0.600. The summed E-state index contributed by atoms with van der Waals surface area (Å²) in [7, 11) is 0. The number of halogens is 1. The summed E-state index contributed by atoms with van der Waals surface area (Å²) < 4.78 is 11.1. The summed E-state index contributed by atoms with van der Waals surface area (Å²) in [5.74, 6) is 0. The van der Waals surface area contributed by atoms with Gasteiger partial charge in [0, 0.05) is 0 Å². The van der Waals surface area contributed by atoms with Gasteiger partial charge >= 0.3 is 0 Å². The molecule has 0 bridgehead atoms. The highest BCUT2D eigenvalue weighted by Crippen LogP contribution is 1.86. The van der Waals surface area contributed by atoms with Crippen LogP contribution in [-0.2, 0) is 0 Å². The van der Waals surface area contributed by atoms with Crippen LogP contribution >= 0.6 is 0 Å². The van der Waals surface area contributed by atoms with E-state index in [1.165, 1.54) is 6.08 Å². The van der Waals surface area contributed by atoms with E-state index < -0.39 is 0 Å². The highest BCUT2D eigenvalue weighted by Gasteiger charge is 1.74. The summed E-state index contributed by atoms with van der Waals surface area (Å²) in [6, 6.07) is 0. The molecule has 2 heteroatoms. The van der Waals surface area contributed by atoms with Crippen molar-refractivity contribution >= 4 is 0 Å². The van der Waals surface area contributed by atoms with Crippen LogP contribution in [0.2, 0.25) is 0 Å². The van der Waals surface area contributed by atoms with Gasteiger partial charge in [-0.15, -0.1) is 0 Å². The Bertz CT molecular complexity index is 52.0. The van der Waals surface area contributed by atoms with E-state index in [0.29, 0.717) is 12.9 Å². The summed E-state index contributed by atoms with van der Waals surface area (Å²) in [6.45, 7) is 0.643. The fourth-order valence-electron chi connectivity index (χ4n) is 0.299. The average Bonchev–Trinajstić information content (AvgIpc) is 1.69. The molecule has 0 radical (unpaired) electrons. The SMILES string of the molecule is NCCCC=CF. The molecule has 0 rings (SSSR count). The molecule has 0 atom stereocenters. The molecule has 0 aliphatic carbocycles. The van der Waals surface area contributed by atoms with Crippen LogP contribution in [0.3, 0.4) is 0 Å². The highest BCUT2D eigenvalue weighted by atomic mass is 19.1. The first kappa shape index (κ1) is 6.63. The summed E-state index contributed by atoms with van der Waals surface area (Å²) in [6.07, 6.45) is 3.65. The summed E-state index contributed by atoms with van der Waals surface area (Å²) in [4.78, 5) is 0. The Balaban J connectivity index is 2.69. The van der Waals surface area contributed by atoms with Crippen molar-refractivity contribution in [2.75, 3.05) is 6.54 Å². The molecular formula is C5H10FN. The normalized spacial score (nSPS) is 10.6. The number of allylic oxidation sites excluding steroid dienone is 1. The third-order valence-corrected chi connectivity index (χ3v) is 0.664. The molecule has 0 aliphatic heterocycles. The number of rotatable bonds is 3. The number of hydrogen-bond donors (Lipinski definition) is 1. The van der Waals surface area contributed by atoms with Crippen LogP contribution in [0.5, 0.6) is 0 Å². The molecule has 0 aromatic carbocycles. The fourth-order valence-corrected chi connectivity index (χ4v) is 0.299. The van der Waals surface area contributed by atoms with E-state index in [2.05, 4.69) is 0 Å². The van der Waals surface area contributed by atoms with Gasteiger partial charge in [-0.25, -0.2) is 4.39 Å². The molecule has 0 aromatic heterocycles. The van der Waals surface area contributed by atoms with Crippen molar-refractivity contribution in [1.29, 1.82) is 0 Å². The van der Waals surface area contributed by atoms with Gasteiger partial charge in [0.05, 0.1) is 6.33 Å². The van der Waals surface area contributed by atoms with Gasteiger partial charge in [-0.3, -0.25) is 0 Å². The van der Waals surface area contributed by atoms with Crippen molar-refractivity contribution in [3.05, 3.63) is 12.4 Å². The molecule has 0 heterocycles. The van der Waals surface area contributed by atoms with Crippen LogP contribution in [-0.4, -0.2) is 6.54 Å². The third-order valence-electron chi connectivity index (χ3n) is 0.664. The molecule has 42 valence electrons. The lowest BCUT2D eigenvalue weighted by Gasteiger charge is -1.83. The molecule has 1 nitrogen and oxygen atoms in total. The number of hydrogen-bond acceptors (Lipinski definition) is 1. The van der Waals surface area contributed by atoms with Crippen LogP contribution in [0, 0.1) is 0 Å². The topological polar surface area (TPSA) is 26.0 Å². The Kier molecular flexibility index (Phi) is 5.33. The van der Waals surface area contributed by atoms with E-state index in [4.69, 9.17) is 5.73 Å². The molecule has 0 fully saturated rings. The second-order valence-electron chi connectivity index (χ2n) is 1.29. The number of nitrogens with two attached hydrogens (primary N) is 1. The first-order chi connectivity index (χ1) is 3.41. The standard InChI is InChI=1S/C5H10FN/c6-4-2-1-3-5-7/h2,4H,1,3,5,7H2. The minimum Gasteiger partial charge on any atom is -0.330 e. The quantitative estimate of drug-likeness (QED) is 0.534. The molecule has 0 amide bonds. The maximum absolute atomic E-state index is 11.1. The highest BCUT2D eigenvalue weighted by molar-refractivity contribution is 4.71. The Morgan fingerprint density at radius 3 is 2.71 bits per heavy atom. The molecule has 0 aliphatic rings. The van der Waals surface area contributed by atoms with E-state index in [1.807, 2.05) is 0 Å². The van der Waals surface area contributed by atoms with Gasteiger partial charge in [-0.2, -0.15) is 0 Å². The van der Waals surface area contributed by atoms with Crippen molar-refractivity contribution < 1.29 is 4.39 Å². The van der Waals surface area contributed by atoms with Crippen molar-refractivity contribution in [3.8, 4) is 0 Å². The number of unbranched alkanes of at least 4 members (excludes halogenated alkanes) is 1. The van der Waals surface area contributed by atoms with Gasteiger partial charge in [-0.05, 0) is 19.4 Å². The zero-order valence-corrected chi connectivity index (χ0v) is 4.23. The predicted molar refractivity (Wildman–Crippen MR) is 28.5 cm³/mol. The molecule has 0 spiro atoms. The minimum absolute atomic E-state index is 0.551. The van der Waals surface area contributed by atoms with Crippen LogP contribution < -0.4 is 5.73 Å². The maximum Gasteiger partial charge on any atom is 0.0827 e. The van der Waals surface area contributed by atoms with Crippen molar-refractivity contribution in [2.45, 2.75) is 12.8 Å². The first-order valence-electron chi connectivity index (χ1n) is 2.37. The van der Waals surface area contributed by atoms with E-state index in [9.17, 15) is 4.39 Å². The second-order valence-corrected chi connectivity index (χ2v) is 1.29.